The van der Waals surface area contributed by atoms with Crippen molar-refractivity contribution in [2.24, 2.45) is 12.9 Å². The van der Waals surface area contributed by atoms with Gasteiger partial charge in [0.05, 0.1) is 23.8 Å². The van der Waals surface area contributed by atoms with Gasteiger partial charge in [0.15, 0.2) is 5.75 Å². The molecule has 3 N–H and O–H groups in total. The molecule has 0 bridgehead atoms. The number of nitrogens with one attached hydrogen (secondary N) is 1. The van der Waals surface area contributed by atoms with Gasteiger partial charge in [0.2, 0.25) is 0 Å². The van der Waals surface area contributed by atoms with Crippen LogP contribution in [0.25, 0.3) is 0 Å². The Bertz CT molecular complexity index is 587. The third-order valence-corrected chi connectivity index (χ3v) is 3.53. The molecule has 1 aromatic heterocycles. The van der Waals surface area contributed by atoms with Crippen molar-refractivity contribution < 1.29 is 9.13 Å². The Kier molecular flexibility index (Phi) is 4.18. The van der Waals surface area contributed by atoms with Gasteiger partial charge in [-0.15, -0.1) is 0 Å². The molecule has 1 unspecified atom stereocenters. The lowest BCUT2D eigenvalue weighted by Crippen LogP contribution is -2.30. The highest BCUT2D eigenvalue weighted by atomic mass is 79.9. The van der Waals surface area contributed by atoms with Crippen molar-refractivity contribution in [2.45, 2.75) is 6.04 Å². The summed E-state index contributed by atoms with van der Waals surface area (Å²) in [5.74, 6) is 5.84. The summed E-state index contributed by atoms with van der Waals surface area (Å²) >= 11 is 3.12. The largest absolute Gasteiger partial charge is 0.493 e. The highest BCUT2D eigenvalue weighted by molar-refractivity contribution is 9.10. The first-order valence-corrected chi connectivity index (χ1v) is 6.34. The van der Waals surface area contributed by atoms with E-state index in [1.807, 2.05) is 0 Å². The van der Waals surface area contributed by atoms with Crippen LogP contribution in [0.1, 0.15) is 17.3 Å². The van der Waals surface area contributed by atoms with E-state index in [0.717, 1.165) is 5.69 Å². The number of aromatic nitrogens is 2. The van der Waals surface area contributed by atoms with Gasteiger partial charge >= 0.3 is 0 Å². The predicted octanol–water partition coefficient (Wildman–Crippen LogP) is 1.88. The van der Waals surface area contributed by atoms with Crippen LogP contribution < -0.4 is 16.0 Å². The predicted molar refractivity (Wildman–Crippen MR) is 73.0 cm³/mol. The summed E-state index contributed by atoms with van der Waals surface area (Å²) in [6.07, 6.45) is 1.59. The number of hydrogen-bond donors (Lipinski definition) is 2. The molecule has 0 radical (unpaired) electrons. The highest BCUT2D eigenvalue weighted by Crippen LogP contribution is 2.30. The Morgan fingerprint density at radius 1 is 1.53 bits per heavy atom. The molecule has 0 amide bonds. The van der Waals surface area contributed by atoms with Crippen molar-refractivity contribution in [1.82, 2.24) is 15.2 Å². The first-order chi connectivity index (χ1) is 9.08. The molecule has 102 valence electrons. The maximum absolute atomic E-state index is 13.6. The summed E-state index contributed by atoms with van der Waals surface area (Å²) in [5.41, 5.74) is 4.07. The Labute approximate surface area is 118 Å². The Morgan fingerprint density at radius 3 is 2.84 bits per heavy atom. The molecule has 0 aliphatic heterocycles. The molecule has 0 fully saturated rings. The van der Waals surface area contributed by atoms with Gasteiger partial charge < -0.3 is 4.74 Å². The number of nitrogens with zero attached hydrogens (tertiary/aromatic N) is 2. The lowest BCUT2D eigenvalue weighted by atomic mass is 10.0. The van der Waals surface area contributed by atoms with Crippen molar-refractivity contribution in [3.05, 3.63) is 45.9 Å². The molecule has 0 aliphatic rings. The van der Waals surface area contributed by atoms with Gasteiger partial charge in [-0.25, -0.2) is 9.82 Å². The topological polar surface area (TPSA) is 65.1 Å². The van der Waals surface area contributed by atoms with Crippen LogP contribution in [0.15, 0.2) is 28.9 Å². The Balaban J connectivity index is 2.49. The summed E-state index contributed by atoms with van der Waals surface area (Å²) in [6.45, 7) is 0. The Hall–Kier alpha value is -1.44. The molecule has 5 nitrogen and oxygen atoms in total. The second kappa shape index (κ2) is 5.68. The van der Waals surface area contributed by atoms with E-state index >= 15 is 0 Å². The summed E-state index contributed by atoms with van der Waals surface area (Å²) in [4.78, 5) is 0. The van der Waals surface area contributed by atoms with Crippen molar-refractivity contribution in [3.8, 4) is 5.75 Å². The average molecular weight is 329 g/mol. The smallest absolute Gasteiger partial charge is 0.161 e. The van der Waals surface area contributed by atoms with Crippen LogP contribution >= 0.6 is 15.9 Å². The monoisotopic (exact) mass is 328 g/mol. The van der Waals surface area contributed by atoms with E-state index in [1.54, 1.807) is 37.2 Å². The Morgan fingerprint density at radius 2 is 2.26 bits per heavy atom. The standard InChI is InChI=1S/C12H14BrFN4O/c1-18-12(10(19-2)6-16-18)11(17-15)7-3-4-8(13)9(14)5-7/h3-6,11,17H,15H2,1-2H3. The zero-order chi connectivity index (χ0) is 14.0. The number of hydrogen-bond acceptors (Lipinski definition) is 4. The van der Waals surface area contributed by atoms with E-state index in [1.165, 1.54) is 6.07 Å². The van der Waals surface area contributed by atoms with Gasteiger partial charge in [-0.05, 0) is 33.6 Å². The van der Waals surface area contributed by atoms with Gasteiger partial charge in [-0.1, -0.05) is 6.07 Å². The number of hydrazine groups is 1. The average Bonchev–Trinajstić information content (AvgIpc) is 2.76. The van der Waals surface area contributed by atoms with Crippen LogP contribution in [-0.4, -0.2) is 16.9 Å². The van der Waals surface area contributed by atoms with Crippen molar-refractivity contribution in [2.75, 3.05) is 7.11 Å². The normalized spacial score (nSPS) is 12.5. The first-order valence-electron chi connectivity index (χ1n) is 5.55. The fraction of sp³-hybridized carbons (Fsp3) is 0.250. The SMILES string of the molecule is COc1cnn(C)c1C(NN)c1ccc(Br)c(F)c1. The molecular weight excluding hydrogens is 315 g/mol. The number of benzene rings is 1. The molecule has 2 rings (SSSR count). The molecule has 7 heteroatoms. The number of ether oxygens (including phenoxy) is 1. The fourth-order valence-corrected chi connectivity index (χ4v) is 2.18. The van der Waals surface area contributed by atoms with Gasteiger partial charge in [0.1, 0.15) is 11.5 Å². The van der Waals surface area contributed by atoms with Gasteiger partial charge in [0, 0.05) is 7.05 Å². The number of rotatable bonds is 4. The van der Waals surface area contributed by atoms with E-state index < -0.39 is 6.04 Å². The van der Waals surface area contributed by atoms with Crippen molar-refractivity contribution >= 4 is 15.9 Å². The number of aryl methyl sites for hydroxylation is 1. The van der Waals surface area contributed by atoms with Gasteiger partial charge in [-0.3, -0.25) is 10.5 Å². The molecule has 1 heterocycles. The van der Waals surface area contributed by atoms with Crippen LogP contribution in [-0.2, 0) is 7.05 Å². The van der Waals surface area contributed by atoms with Crippen molar-refractivity contribution in [1.29, 1.82) is 0 Å². The van der Waals surface area contributed by atoms with E-state index in [0.29, 0.717) is 15.8 Å². The van der Waals surface area contributed by atoms with Crippen LogP contribution in [0.3, 0.4) is 0 Å². The van der Waals surface area contributed by atoms with Crippen molar-refractivity contribution in [3.63, 3.8) is 0 Å². The van der Waals surface area contributed by atoms with Crippen LogP contribution in [0.2, 0.25) is 0 Å². The first kappa shape index (κ1) is 14.0. The molecular formula is C12H14BrFN4O. The summed E-state index contributed by atoms with van der Waals surface area (Å²) < 4.78 is 20.9. The molecule has 0 saturated heterocycles. The van der Waals surface area contributed by atoms with E-state index in [4.69, 9.17) is 10.6 Å². The van der Waals surface area contributed by atoms with Crippen LogP contribution in [0.4, 0.5) is 4.39 Å². The molecule has 2 aromatic rings. The second-order valence-corrected chi connectivity index (χ2v) is 4.85. The van der Waals surface area contributed by atoms with E-state index in [9.17, 15) is 4.39 Å². The summed E-state index contributed by atoms with van der Waals surface area (Å²) in [5, 5.41) is 4.11. The van der Waals surface area contributed by atoms with E-state index in [2.05, 4.69) is 26.5 Å². The minimum Gasteiger partial charge on any atom is -0.493 e. The third kappa shape index (κ3) is 2.63. The quantitative estimate of drug-likeness (QED) is 0.664. The minimum atomic E-state index is -0.412. The van der Waals surface area contributed by atoms with Gasteiger partial charge in [0.25, 0.3) is 0 Å². The zero-order valence-corrected chi connectivity index (χ0v) is 12.1. The van der Waals surface area contributed by atoms with E-state index in [-0.39, 0.29) is 5.82 Å². The molecule has 1 aromatic carbocycles. The lowest BCUT2D eigenvalue weighted by molar-refractivity contribution is 0.401. The van der Waals surface area contributed by atoms with Crippen LogP contribution in [0, 0.1) is 5.82 Å². The number of halogens is 2. The van der Waals surface area contributed by atoms with Crippen LogP contribution in [0.5, 0.6) is 5.75 Å². The summed E-state index contributed by atoms with van der Waals surface area (Å²) in [6, 6.07) is 4.42. The maximum atomic E-state index is 13.6. The third-order valence-electron chi connectivity index (χ3n) is 2.89. The number of methoxy groups -OCH3 is 1. The zero-order valence-electron chi connectivity index (χ0n) is 10.5. The fourth-order valence-electron chi connectivity index (χ4n) is 1.94. The second-order valence-electron chi connectivity index (χ2n) is 4.00. The molecule has 0 spiro atoms. The van der Waals surface area contributed by atoms with Gasteiger partial charge in [-0.2, -0.15) is 5.10 Å². The number of nitrogens with two attached hydrogens (primary N) is 1. The lowest BCUT2D eigenvalue weighted by Gasteiger charge is -2.18. The minimum absolute atomic E-state index is 0.348. The maximum Gasteiger partial charge on any atom is 0.161 e. The molecule has 0 aliphatic carbocycles. The molecule has 19 heavy (non-hydrogen) atoms. The highest BCUT2D eigenvalue weighted by Gasteiger charge is 2.22. The molecule has 1 atom stereocenters. The molecule has 0 saturated carbocycles. The summed E-state index contributed by atoms with van der Waals surface area (Å²) in [7, 11) is 3.33.